The molecular weight excluding hydrogens is 222 g/mol. The van der Waals surface area contributed by atoms with Crippen LogP contribution in [-0.4, -0.2) is 29.2 Å². The molecule has 0 amide bonds. The number of thiazole rings is 1. The SMILES string of the molecule is O/N=C\c1csc(CCC2=CCCN=C2)n1. The molecule has 1 N–H and O–H groups in total. The van der Waals surface area contributed by atoms with E-state index in [1.54, 1.807) is 11.3 Å². The van der Waals surface area contributed by atoms with Crippen LogP contribution in [0.15, 0.2) is 27.2 Å². The van der Waals surface area contributed by atoms with Gasteiger partial charge in [-0.2, -0.15) is 0 Å². The summed E-state index contributed by atoms with van der Waals surface area (Å²) in [4.78, 5) is 8.56. The van der Waals surface area contributed by atoms with Gasteiger partial charge in [-0.15, -0.1) is 11.3 Å². The van der Waals surface area contributed by atoms with Gasteiger partial charge in [0.15, 0.2) is 0 Å². The van der Waals surface area contributed by atoms with Crippen LogP contribution in [0.25, 0.3) is 0 Å². The largest absolute Gasteiger partial charge is 0.411 e. The minimum atomic E-state index is 0.716. The molecule has 1 aliphatic heterocycles. The summed E-state index contributed by atoms with van der Waals surface area (Å²) < 4.78 is 0. The molecule has 0 radical (unpaired) electrons. The van der Waals surface area contributed by atoms with E-state index in [-0.39, 0.29) is 0 Å². The second-order valence-electron chi connectivity index (χ2n) is 3.51. The Morgan fingerprint density at radius 1 is 1.50 bits per heavy atom. The minimum absolute atomic E-state index is 0.716. The summed E-state index contributed by atoms with van der Waals surface area (Å²) in [5.41, 5.74) is 2.01. The van der Waals surface area contributed by atoms with Crippen molar-refractivity contribution in [1.29, 1.82) is 0 Å². The minimum Gasteiger partial charge on any atom is -0.411 e. The van der Waals surface area contributed by atoms with Gasteiger partial charge in [0, 0.05) is 24.6 Å². The summed E-state index contributed by atoms with van der Waals surface area (Å²) in [6, 6.07) is 0. The molecule has 0 saturated carbocycles. The Morgan fingerprint density at radius 2 is 2.44 bits per heavy atom. The molecule has 0 spiro atoms. The number of aliphatic imine (C=N–C) groups is 1. The summed E-state index contributed by atoms with van der Waals surface area (Å²) >= 11 is 1.59. The number of nitrogens with zero attached hydrogens (tertiary/aromatic N) is 3. The van der Waals surface area contributed by atoms with Gasteiger partial charge in [-0.05, 0) is 18.4 Å². The van der Waals surface area contributed by atoms with Crippen LogP contribution in [0.5, 0.6) is 0 Å². The smallest absolute Gasteiger partial charge is 0.0958 e. The van der Waals surface area contributed by atoms with Crippen molar-refractivity contribution in [3.63, 3.8) is 0 Å². The maximum Gasteiger partial charge on any atom is 0.0958 e. The number of aromatic nitrogens is 1. The molecule has 2 heterocycles. The van der Waals surface area contributed by atoms with Crippen LogP contribution in [0.4, 0.5) is 0 Å². The number of dihydropyridines is 1. The van der Waals surface area contributed by atoms with Crippen molar-refractivity contribution in [2.24, 2.45) is 10.1 Å². The number of rotatable bonds is 4. The fourth-order valence-corrected chi connectivity index (χ4v) is 2.28. The lowest BCUT2D eigenvalue weighted by molar-refractivity contribution is 0.321. The normalized spacial score (nSPS) is 15.6. The Labute approximate surface area is 98.1 Å². The van der Waals surface area contributed by atoms with Crippen LogP contribution in [0, 0.1) is 0 Å². The Morgan fingerprint density at radius 3 is 3.19 bits per heavy atom. The predicted octanol–water partition coefficient (Wildman–Crippen LogP) is 2.28. The topological polar surface area (TPSA) is 57.8 Å². The summed E-state index contributed by atoms with van der Waals surface area (Å²) in [6.07, 6.45) is 8.48. The molecule has 4 nitrogen and oxygen atoms in total. The molecule has 0 aromatic carbocycles. The fraction of sp³-hybridized carbons (Fsp3) is 0.364. The monoisotopic (exact) mass is 235 g/mol. The lowest BCUT2D eigenvalue weighted by Crippen LogP contribution is -1.96. The van der Waals surface area contributed by atoms with Crippen molar-refractivity contribution in [3.8, 4) is 0 Å². The molecule has 5 heteroatoms. The average Bonchev–Trinajstić information content (AvgIpc) is 2.76. The fourth-order valence-electron chi connectivity index (χ4n) is 1.54. The number of hydrogen-bond acceptors (Lipinski definition) is 5. The highest BCUT2D eigenvalue weighted by Crippen LogP contribution is 2.14. The van der Waals surface area contributed by atoms with Gasteiger partial charge in [0.1, 0.15) is 0 Å². The summed E-state index contributed by atoms with van der Waals surface area (Å²) in [5.74, 6) is 0. The van der Waals surface area contributed by atoms with E-state index < -0.39 is 0 Å². The van der Waals surface area contributed by atoms with Crippen molar-refractivity contribution in [3.05, 3.63) is 27.7 Å². The van der Waals surface area contributed by atoms with E-state index in [4.69, 9.17) is 5.21 Å². The van der Waals surface area contributed by atoms with Crippen LogP contribution in [0.3, 0.4) is 0 Å². The summed E-state index contributed by atoms with van der Waals surface area (Å²) in [7, 11) is 0. The second kappa shape index (κ2) is 5.55. The lowest BCUT2D eigenvalue weighted by atomic mass is 10.1. The van der Waals surface area contributed by atoms with E-state index in [0.29, 0.717) is 5.69 Å². The van der Waals surface area contributed by atoms with Crippen molar-refractivity contribution < 1.29 is 5.21 Å². The molecule has 16 heavy (non-hydrogen) atoms. The molecule has 0 atom stereocenters. The molecule has 0 fully saturated rings. The number of hydrogen-bond donors (Lipinski definition) is 1. The van der Waals surface area contributed by atoms with E-state index in [9.17, 15) is 0 Å². The molecule has 0 saturated heterocycles. The van der Waals surface area contributed by atoms with Crippen LogP contribution in [0.2, 0.25) is 0 Å². The predicted molar refractivity (Wildman–Crippen MR) is 65.9 cm³/mol. The zero-order valence-corrected chi connectivity index (χ0v) is 9.65. The number of allylic oxidation sites excluding steroid dienone is 1. The highest BCUT2D eigenvalue weighted by Gasteiger charge is 2.03. The van der Waals surface area contributed by atoms with Crippen molar-refractivity contribution in [1.82, 2.24) is 4.98 Å². The van der Waals surface area contributed by atoms with Gasteiger partial charge in [-0.1, -0.05) is 11.2 Å². The Hall–Kier alpha value is -1.49. The zero-order chi connectivity index (χ0) is 11.2. The van der Waals surface area contributed by atoms with E-state index in [0.717, 1.165) is 30.8 Å². The van der Waals surface area contributed by atoms with Crippen LogP contribution in [-0.2, 0) is 6.42 Å². The van der Waals surface area contributed by atoms with E-state index >= 15 is 0 Å². The van der Waals surface area contributed by atoms with Crippen molar-refractivity contribution >= 4 is 23.8 Å². The molecule has 1 aromatic heterocycles. The lowest BCUT2D eigenvalue weighted by Gasteiger charge is -2.04. The quantitative estimate of drug-likeness (QED) is 0.494. The van der Waals surface area contributed by atoms with Crippen LogP contribution >= 0.6 is 11.3 Å². The zero-order valence-electron chi connectivity index (χ0n) is 8.83. The highest BCUT2D eigenvalue weighted by molar-refractivity contribution is 7.09. The third-order valence-electron chi connectivity index (χ3n) is 2.31. The Balaban J connectivity index is 1.89. The van der Waals surface area contributed by atoms with E-state index in [1.807, 2.05) is 11.6 Å². The summed E-state index contributed by atoms with van der Waals surface area (Å²) in [6.45, 7) is 0.915. The van der Waals surface area contributed by atoms with Crippen molar-refractivity contribution in [2.45, 2.75) is 19.3 Å². The average molecular weight is 235 g/mol. The molecular formula is C11H13N3OS. The van der Waals surface area contributed by atoms with Gasteiger partial charge in [0.2, 0.25) is 0 Å². The number of oxime groups is 1. The third kappa shape index (κ3) is 3.00. The van der Waals surface area contributed by atoms with Gasteiger partial charge in [-0.25, -0.2) is 4.98 Å². The van der Waals surface area contributed by atoms with Gasteiger partial charge >= 0.3 is 0 Å². The third-order valence-corrected chi connectivity index (χ3v) is 3.24. The maximum absolute atomic E-state index is 8.37. The molecule has 1 aromatic rings. The molecule has 1 aliphatic rings. The Kier molecular flexibility index (Phi) is 3.82. The first kappa shape index (κ1) is 11.0. The Bertz CT molecular complexity index is 434. The first-order chi connectivity index (χ1) is 7.88. The van der Waals surface area contributed by atoms with Crippen LogP contribution < -0.4 is 0 Å². The van der Waals surface area contributed by atoms with Gasteiger partial charge < -0.3 is 5.21 Å². The van der Waals surface area contributed by atoms with Crippen LogP contribution in [0.1, 0.15) is 23.5 Å². The second-order valence-corrected chi connectivity index (χ2v) is 4.46. The standard InChI is InChI=1S/C11H13N3OS/c15-13-7-10-8-16-11(14-10)4-3-9-2-1-5-12-6-9/h2,6-8,15H,1,3-5H2/b13-7-. The molecule has 0 aliphatic carbocycles. The molecule has 2 rings (SSSR count). The van der Waals surface area contributed by atoms with Gasteiger partial charge in [-0.3, -0.25) is 4.99 Å². The number of aryl methyl sites for hydroxylation is 1. The van der Waals surface area contributed by atoms with Gasteiger partial charge in [0.25, 0.3) is 0 Å². The van der Waals surface area contributed by atoms with Crippen molar-refractivity contribution in [2.75, 3.05) is 6.54 Å². The first-order valence-corrected chi connectivity index (χ1v) is 6.07. The summed E-state index contributed by atoms with van der Waals surface area (Å²) in [5, 5.41) is 14.3. The first-order valence-electron chi connectivity index (χ1n) is 5.19. The highest BCUT2D eigenvalue weighted by atomic mass is 32.1. The van der Waals surface area contributed by atoms with Gasteiger partial charge in [0.05, 0.1) is 16.9 Å². The molecule has 0 bridgehead atoms. The van der Waals surface area contributed by atoms with E-state index in [1.165, 1.54) is 11.8 Å². The molecule has 0 unspecified atom stereocenters. The van der Waals surface area contributed by atoms with E-state index in [2.05, 4.69) is 21.2 Å². The maximum atomic E-state index is 8.37. The molecule has 84 valence electrons.